The first-order valence-corrected chi connectivity index (χ1v) is 6.24. The highest BCUT2D eigenvalue weighted by molar-refractivity contribution is 7.55. The summed E-state index contributed by atoms with van der Waals surface area (Å²) >= 11 is 0. The van der Waals surface area contributed by atoms with Gasteiger partial charge in [-0.3, -0.25) is 0 Å². The Morgan fingerprint density at radius 1 is 0.882 bits per heavy atom. The highest BCUT2D eigenvalue weighted by atomic mass is 31.1. The topological polar surface area (TPSA) is 31.4 Å². The van der Waals surface area contributed by atoms with Crippen molar-refractivity contribution in [3.8, 4) is 11.8 Å². The Morgan fingerprint density at radius 2 is 1.47 bits per heavy atom. The molecule has 0 spiro atoms. The van der Waals surface area contributed by atoms with Crippen LogP contribution in [0.5, 0.6) is 11.8 Å². The van der Waals surface area contributed by atoms with Crippen LogP contribution >= 0.6 is 8.58 Å². The third-order valence-electron chi connectivity index (χ3n) is 2.26. The molecule has 0 aliphatic rings. The van der Waals surface area contributed by atoms with Crippen molar-refractivity contribution in [1.82, 2.24) is 4.98 Å². The van der Waals surface area contributed by atoms with Crippen molar-refractivity contribution in [2.75, 3.05) is 14.2 Å². The van der Waals surface area contributed by atoms with Crippen molar-refractivity contribution >= 4 is 19.2 Å². The molecular formula is C13H14NO2P. The molecule has 0 saturated carbocycles. The van der Waals surface area contributed by atoms with E-state index in [4.69, 9.17) is 9.47 Å². The lowest BCUT2D eigenvalue weighted by molar-refractivity contribution is 0.365. The van der Waals surface area contributed by atoms with Crippen molar-refractivity contribution in [1.29, 1.82) is 0 Å². The van der Waals surface area contributed by atoms with Gasteiger partial charge >= 0.3 is 0 Å². The SMILES string of the molecule is COc1cc(Pc2ccccc2)cc(OC)n1. The summed E-state index contributed by atoms with van der Waals surface area (Å²) in [5, 5.41) is 2.43. The molecule has 1 aromatic heterocycles. The molecule has 1 atom stereocenters. The third-order valence-corrected chi connectivity index (χ3v) is 3.46. The number of hydrogen-bond donors (Lipinski definition) is 0. The number of nitrogens with zero attached hydrogens (tertiary/aromatic N) is 1. The van der Waals surface area contributed by atoms with Gasteiger partial charge in [-0.05, 0) is 10.6 Å². The summed E-state index contributed by atoms with van der Waals surface area (Å²) in [4.78, 5) is 4.17. The first-order chi connectivity index (χ1) is 8.31. The van der Waals surface area contributed by atoms with Crippen LogP contribution in [0.1, 0.15) is 0 Å². The first-order valence-electron chi connectivity index (χ1n) is 5.24. The van der Waals surface area contributed by atoms with Crippen LogP contribution < -0.4 is 20.1 Å². The van der Waals surface area contributed by atoms with E-state index in [9.17, 15) is 0 Å². The molecule has 0 saturated heterocycles. The van der Waals surface area contributed by atoms with Gasteiger partial charge in [-0.15, -0.1) is 0 Å². The highest BCUT2D eigenvalue weighted by Crippen LogP contribution is 2.18. The van der Waals surface area contributed by atoms with Crippen LogP contribution in [0.15, 0.2) is 42.5 Å². The van der Waals surface area contributed by atoms with Gasteiger partial charge in [-0.1, -0.05) is 38.9 Å². The van der Waals surface area contributed by atoms with E-state index in [-0.39, 0.29) is 0 Å². The van der Waals surface area contributed by atoms with Gasteiger partial charge in [-0.2, -0.15) is 4.98 Å². The van der Waals surface area contributed by atoms with Gasteiger partial charge in [0.05, 0.1) is 14.2 Å². The summed E-state index contributed by atoms with van der Waals surface area (Å²) in [5.74, 6) is 1.17. The molecule has 0 fully saturated rings. The molecule has 88 valence electrons. The van der Waals surface area contributed by atoms with E-state index in [0.717, 1.165) is 5.30 Å². The minimum Gasteiger partial charge on any atom is -0.481 e. The van der Waals surface area contributed by atoms with Crippen LogP contribution in [-0.4, -0.2) is 19.2 Å². The molecule has 1 heterocycles. The van der Waals surface area contributed by atoms with Gasteiger partial charge in [0, 0.05) is 12.1 Å². The Labute approximate surface area is 103 Å². The second-order valence-electron chi connectivity index (χ2n) is 3.43. The van der Waals surface area contributed by atoms with E-state index < -0.39 is 0 Å². The number of pyridine rings is 1. The molecule has 0 aliphatic carbocycles. The van der Waals surface area contributed by atoms with E-state index in [0.29, 0.717) is 20.3 Å². The second kappa shape index (κ2) is 5.65. The minimum absolute atomic E-state index is 0.576. The molecule has 0 radical (unpaired) electrons. The number of rotatable bonds is 4. The molecule has 2 rings (SSSR count). The molecule has 1 unspecified atom stereocenters. The summed E-state index contributed by atoms with van der Waals surface area (Å²) in [6.45, 7) is 0. The zero-order valence-corrected chi connectivity index (χ0v) is 10.8. The Morgan fingerprint density at radius 3 is 2.00 bits per heavy atom. The predicted molar refractivity (Wildman–Crippen MR) is 71.4 cm³/mol. The summed E-state index contributed by atoms with van der Waals surface area (Å²) in [7, 11) is 3.79. The van der Waals surface area contributed by atoms with Crippen molar-refractivity contribution < 1.29 is 9.47 Å². The van der Waals surface area contributed by atoms with Gasteiger partial charge in [0.1, 0.15) is 0 Å². The molecule has 3 nitrogen and oxygen atoms in total. The Balaban J connectivity index is 2.26. The fraction of sp³-hybridized carbons (Fsp3) is 0.154. The van der Waals surface area contributed by atoms with E-state index in [1.165, 1.54) is 5.30 Å². The maximum Gasteiger partial charge on any atom is 0.216 e. The fourth-order valence-electron chi connectivity index (χ4n) is 1.45. The van der Waals surface area contributed by atoms with Crippen LogP contribution in [0, 0.1) is 0 Å². The first kappa shape index (κ1) is 11.9. The van der Waals surface area contributed by atoms with Crippen LogP contribution in [0.4, 0.5) is 0 Å². The largest absolute Gasteiger partial charge is 0.481 e. The molecule has 17 heavy (non-hydrogen) atoms. The smallest absolute Gasteiger partial charge is 0.216 e. The van der Waals surface area contributed by atoms with Gasteiger partial charge in [0.25, 0.3) is 0 Å². The zero-order valence-electron chi connectivity index (χ0n) is 9.81. The predicted octanol–water partition coefficient (Wildman–Crippen LogP) is 1.73. The summed E-state index contributed by atoms with van der Waals surface area (Å²) < 4.78 is 10.3. The number of aromatic nitrogens is 1. The average Bonchev–Trinajstić information content (AvgIpc) is 2.39. The Bertz CT molecular complexity index is 466. The molecule has 1 aromatic carbocycles. The van der Waals surface area contributed by atoms with Crippen molar-refractivity contribution in [3.05, 3.63) is 42.5 Å². The second-order valence-corrected chi connectivity index (χ2v) is 4.84. The highest BCUT2D eigenvalue weighted by Gasteiger charge is 2.04. The summed E-state index contributed by atoms with van der Waals surface area (Å²) in [6, 6.07) is 14.2. The number of ether oxygens (including phenoxy) is 2. The summed E-state index contributed by atoms with van der Waals surface area (Å²) in [6.07, 6.45) is 0. The minimum atomic E-state index is 0.576. The van der Waals surface area contributed by atoms with E-state index in [1.807, 2.05) is 30.3 Å². The lowest BCUT2D eigenvalue weighted by Gasteiger charge is -2.07. The number of benzene rings is 1. The number of hydrogen-bond acceptors (Lipinski definition) is 3. The number of methoxy groups -OCH3 is 2. The van der Waals surface area contributed by atoms with Crippen LogP contribution in [0.2, 0.25) is 0 Å². The van der Waals surface area contributed by atoms with E-state index in [2.05, 4.69) is 17.1 Å². The van der Waals surface area contributed by atoms with Gasteiger partial charge in [0.2, 0.25) is 11.8 Å². The van der Waals surface area contributed by atoms with Crippen molar-refractivity contribution in [3.63, 3.8) is 0 Å². The lowest BCUT2D eigenvalue weighted by Crippen LogP contribution is -2.06. The maximum atomic E-state index is 5.15. The molecule has 2 aromatic rings. The molecular weight excluding hydrogens is 233 g/mol. The normalized spacial score (nSPS) is 10.7. The van der Waals surface area contributed by atoms with E-state index >= 15 is 0 Å². The van der Waals surface area contributed by atoms with Crippen molar-refractivity contribution in [2.24, 2.45) is 0 Å². The lowest BCUT2D eigenvalue weighted by atomic mass is 10.4. The van der Waals surface area contributed by atoms with Crippen LogP contribution in [0.25, 0.3) is 0 Å². The van der Waals surface area contributed by atoms with E-state index in [1.54, 1.807) is 14.2 Å². The molecule has 0 N–H and O–H groups in total. The van der Waals surface area contributed by atoms with Crippen LogP contribution in [-0.2, 0) is 0 Å². The Kier molecular flexibility index (Phi) is 3.94. The standard InChI is InChI=1S/C13H14NO2P/c1-15-12-8-11(9-13(14-12)16-2)17-10-6-4-3-5-7-10/h3-9,17H,1-2H3. The van der Waals surface area contributed by atoms with Gasteiger partial charge < -0.3 is 9.47 Å². The van der Waals surface area contributed by atoms with Gasteiger partial charge in [0.15, 0.2) is 0 Å². The molecule has 0 aliphatic heterocycles. The Hall–Kier alpha value is -1.60. The quantitative estimate of drug-likeness (QED) is 0.771. The van der Waals surface area contributed by atoms with Gasteiger partial charge in [-0.25, -0.2) is 0 Å². The monoisotopic (exact) mass is 247 g/mol. The van der Waals surface area contributed by atoms with Crippen molar-refractivity contribution in [2.45, 2.75) is 0 Å². The third kappa shape index (κ3) is 3.18. The molecule has 0 amide bonds. The molecule has 4 heteroatoms. The maximum absolute atomic E-state index is 5.15. The summed E-state index contributed by atoms with van der Waals surface area (Å²) in [5.41, 5.74) is 0. The van der Waals surface area contributed by atoms with Crippen LogP contribution in [0.3, 0.4) is 0 Å². The molecule has 0 bridgehead atoms. The fourth-order valence-corrected chi connectivity index (χ4v) is 2.53. The average molecular weight is 247 g/mol. The zero-order chi connectivity index (χ0) is 12.1.